The van der Waals surface area contributed by atoms with Crippen LogP contribution in [-0.2, 0) is 9.59 Å². The number of imide groups is 2. The van der Waals surface area contributed by atoms with Gasteiger partial charge in [-0.1, -0.05) is 32.1 Å². The highest BCUT2D eigenvalue weighted by molar-refractivity contribution is 6.23. The molecule has 5 aliphatic rings. The van der Waals surface area contributed by atoms with Crippen LogP contribution in [0.15, 0.2) is 42.5 Å². The van der Waals surface area contributed by atoms with Crippen LogP contribution in [0.25, 0.3) is 0 Å². The van der Waals surface area contributed by atoms with Crippen LogP contribution in [0.2, 0.25) is 0 Å². The molecular weight excluding hydrogens is 608 g/mol. The van der Waals surface area contributed by atoms with Crippen LogP contribution in [0.5, 0.6) is 0 Å². The van der Waals surface area contributed by atoms with Gasteiger partial charge in [-0.15, -0.1) is 0 Å². The summed E-state index contributed by atoms with van der Waals surface area (Å²) in [6, 6.07) is 13.3. The van der Waals surface area contributed by atoms with E-state index < -0.39 is 23.8 Å². The summed E-state index contributed by atoms with van der Waals surface area (Å²) in [5.41, 5.74) is 3.43. The number of carbonyl (C=O) groups is 5. The lowest BCUT2D eigenvalue weighted by molar-refractivity contribution is -0.136. The Morgan fingerprint density at radius 1 is 0.667 bits per heavy atom. The first-order valence-electron chi connectivity index (χ1n) is 17.9. The number of piperazine rings is 1. The Hall–Kier alpha value is -4.25. The van der Waals surface area contributed by atoms with E-state index in [1.165, 1.54) is 37.8 Å². The number of nitrogens with zero attached hydrogens (tertiary/aromatic N) is 4. The summed E-state index contributed by atoms with van der Waals surface area (Å²) in [6.45, 7) is 5.43. The molecule has 1 atom stereocenters. The quantitative estimate of drug-likeness (QED) is 0.453. The van der Waals surface area contributed by atoms with Crippen molar-refractivity contribution in [3.63, 3.8) is 0 Å². The van der Waals surface area contributed by atoms with Gasteiger partial charge in [-0.3, -0.25) is 39.1 Å². The number of rotatable bonds is 6. The average molecular weight is 655 g/mol. The largest absolute Gasteiger partial charge is 0.371 e. The van der Waals surface area contributed by atoms with Gasteiger partial charge in [-0.25, -0.2) is 0 Å². The molecule has 4 aliphatic heterocycles. The Labute approximate surface area is 282 Å². The van der Waals surface area contributed by atoms with Crippen molar-refractivity contribution in [2.75, 3.05) is 49.1 Å². The van der Waals surface area contributed by atoms with Crippen molar-refractivity contribution in [2.24, 2.45) is 0 Å². The number of amides is 5. The summed E-state index contributed by atoms with van der Waals surface area (Å²) in [5.74, 6) is -1.89. The molecule has 48 heavy (non-hydrogen) atoms. The number of anilines is 2. The zero-order valence-corrected chi connectivity index (χ0v) is 27.6. The molecule has 4 heterocycles. The van der Waals surface area contributed by atoms with E-state index in [4.69, 9.17) is 0 Å². The van der Waals surface area contributed by atoms with Gasteiger partial charge in [-0.2, -0.15) is 0 Å². The van der Waals surface area contributed by atoms with Gasteiger partial charge < -0.3 is 15.1 Å². The fourth-order valence-electron chi connectivity index (χ4n) is 8.18. The van der Waals surface area contributed by atoms with Gasteiger partial charge in [0.05, 0.1) is 11.1 Å². The molecule has 2 N–H and O–H groups in total. The highest BCUT2D eigenvalue weighted by Gasteiger charge is 2.45. The van der Waals surface area contributed by atoms with Gasteiger partial charge in [0.1, 0.15) is 6.04 Å². The lowest BCUT2D eigenvalue weighted by atomic mass is 9.96. The maximum absolute atomic E-state index is 13.3. The minimum Gasteiger partial charge on any atom is -0.371 e. The summed E-state index contributed by atoms with van der Waals surface area (Å²) >= 11 is 0. The molecule has 2 aromatic rings. The van der Waals surface area contributed by atoms with Crippen molar-refractivity contribution in [1.29, 1.82) is 0 Å². The van der Waals surface area contributed by atoms with Gasteiger partial charge in [-0.05, 0) is 74.6 Å². The third-order valence-electron chi connectivity index (χ3n) is 11.0. The molecule has 0 aromatic heterocycles. The summed E-state index contributed by atoms with van der Waals surface area (Å²) in [6.07, 6.45) is 10.8. The van der Waals surface area contributed by atoms with Crippen LogP contribution in [0.3, 0.4) is 0 Å². The Bertz CT molecular complexity index is 1550. The fraction of sp³-hybridized carbons (Fsp3) is 0.541. The average Bonchev–Trinajstić information content (AvgIpc) is 3.34. The summed E-state index contributed by atoms with van der Waals surface area (Å²) < 4.78 is 0. The van der Waals surface area contributed by atoms with Gasteiger partial charge in [0, 0.05) is 74.7 Å². The molecule has 5 amide bonds. The number of hydrogen-bond donors (Lipinski definition) is 2. The van der Waals surface area contributed by atoms with Crippen molar-refractivity contribution < 1.29 is 24.0 Å². The highest BCUT2D eigenvalue weighted by atomic mass is 16.2. The second-order valence-electron chi connectivity index (χ2n) is 14.0. The zero-order chi connectivity index (χ0) is 33.2. The summed E-state index contributed by atoms with van der Waals surface area (Å²) in [4.78, 5) is 71.5. The SMILES string of the molecule is O=C1CCC(N2C(=O)c3ccc(N4CCN(C5CCN(c6ccc(C(=O)NC7CCCCCCC7)cc6)CC5)CC4)cc3C2=O)C(=O)N1. The van der Waals surface area contributed by atoms with E-state index in [-0.39, 0.29) is 24.7 Å². The monoisotopic (exact) mass is 654 g/mol. The van der Waals surface area contributed by atoms with E-state index in [1.54, 1.807) is 12.1 Å². The van der Waals surface area contributed by atoms with E-state index in [9.17, 15) is 24.0 Å². The second kappa shape index (κ2) is 14.1. The molecule has 0 spiro atoms. The second-order valence-corrected chi connectivity index (χ2v) is 14.0. The first-order valence-corrected chi connectivity index (χ1v) is 17.9. The molecule has 1 saturated carbocycles. The van der Waals surface area contributed by atoms with Crippen molar-refractivity contribution in [1.82, 2.24) is 20.4 Å². The number of fused-ring (bicyclic) bond motifs is 1. The standard InChI is InChI=1S/C37H46N6O5/c44-33-15-14-32(35(46)39-33)43-36(47)30-13-12-29(24-31(30)37(43)48)42-22-20-41(21-23-42)28-16-18-40(19-17-28)27-10-8-25(9-11-27)34(45)38-26-6-4-2-1-3-5-7-26/h8-13,24,26,28,32H,1-7,14-23H2,(H,38,45)(H,39,44,46). The van der Waals surface area contributed by atoms with Crippen LogP contribution >= 0.6 is 0 Å². The molecule has 11 heteroatoms. The van der Waals surface area contributed by atoms with Crippen LogP contribution < -0.4 is 20.4 Å². The molecule has 3 saturated heterocycles. The first-order chi connectivity index (χ1) is 23.4. The Kier molecular flexibility index (Phi) is 9.48. The third kappa shape index (κ3) is 6.70. The van der Waals surface area contributed by atoms with E-state index in [0.717, 1.165) is 81.1 Å². The normalized spacial score (nSPS) is 23.5. The Morgan fingerprint density at radius 3 is 1.98 bits per heavy atom. The van der Waals surface area contributed by atoms with E-state index >= 15 is 0 Å². The van der Waals surface area contributed by atoms with Crippen molar-refractivity contribution >= 4 is 40.9 Å². The van der Waals surface area contributed by atoms with Crippen molar-refractivity contribution in [2.45, 2.75) is 88.8 Å². The molecule has 2 aromatic carbocycles. The maximum atomic E-state index is 13.3. The Balaban J connectivity index is 0.889. The van der Waals surface area contributed by atoms with Gasteiger partial charge in [0.2, 0.25) is 11.8 Å². The number of carbonyl (C=O) groups excluding carboxylic acids is 5. The van der Waals surface area contributed by atoms with Crippen LogP contribution in [0, 0.1) is 0 Å². The van der Waals surface area contributed by atoms with Gasteiger partial charge in [0.15, 0.2) is 0 Å². The predicted octanol–water partition coefficient (Wildman–Crippen LogP) is 3.72. The van der Waals surface area contributed by atoms with Crippen molar-refractivity contribution in [3.8, 4) is 0 Å². The number of nitrogens with one attached hydrogen (secondary N) is 2. The van der Waals surface area contributed by atoms with E-state index in [0.29, 0.717) is 23.2 Å². The first kappa shape index (κ1) is 32.3. The van der Waals surface area contributed by atoms with Crippen molar-refractivity contribution in [3.05, 3.63) is 59.2 Å². The minimum atomic E-state index is -0.959. The van der Waals surface area contributed by atoms with E-state index in [2.05, 4.69) is 37.5 Å². The highest BCUT2D eigenvalue weighted by Crippen LogP contribution is 2.32. The summed E-state index contributed by atoms with van der Waals surface area (Å²) in [7, 11) is 0. The van der Waals surface area contributed by atoms with E-state index in [1.807, 2.05) is 18.2 Å². The third-order valence-corrected chi connectivity index (χ3v) is 11.0. The van der Waals surface area contributed by atoms with Gasteiger partial charge >= 0.3 is 0 Å². The zero-order valence-electron chi connectivity index (χ0n) is 27.6. The molecule has 7 rings (SSSR count). The number of hydrogen-bond acceptors (Lipinski definition) is 8. The molecule has 1 unspecified atom stereocenters. The number of benzene rings is 2. The fourth-order valence-corrected chi connectivity index (χ4v) is 8.18. The molecule has 4 fully saturated rings. The molecule has 0 bridgehead atoms. The molecule has 11 nitrogen and oxygen atoms in total. The smallest absolute Gasteiger partial charge is 0.262 e. The predicted molar refractivity (Wildman–Crippen MR) is 182 cm³/mol. The molecule has 1 aliphatic carbocycles. The molecule has 254 valence electrons. The number of piperidine rings is 2. The Morgan fingerprint density at radius 2 is 1.29 bits per heavy atom. The topological polar surface area (TPSA) is 122 Å². The summed E-state index contributed by atoms with van der Waals surface area (Å²) in [5, 5.41) is 5.52. The van der Waals surface area contributed by atoms with Crippen LogP contribution in [-0.4, -0.2) is 96.7 Å². The maximum Gasteiger partial charge on any atom is 0.262 e. The molecular formula is C37H46N6O5. The van der Waals surface area contributed by atoms with Gasteiger partial charge in [0.25, 0.3) is 17.7 Å². The van der Waals surface area contributed by atoms with Crippen LogP contribution in [0.1, 0.15) is 102 Å². The minimum absolute atomic E-state index is 0.0409. The van der Waals surface area contributed by atoms with Crippen LogP contribution in [0.4, 0.5) is 11.4 Å². The molecule has 0 radical (unpaired) electrons. The lowest BCUT2D eigenvalue weighted by Crippen LogP contribution is -2.54. The lowest BCUT2D eigenvalue weighted by Gasteiger charge is -2.44.